The summed E-state index contributed by atoms with van der Waals surface area (Å²) in [7, 11) is 1.48. The molecule has 0 spiro atoms. The lowest BCUT2D eigenvalue weighted by molar-refractivity contribution is 0.128. The van der Waals surface area contributed by atoms with Gasteiger partial charge in [0.05, 0.1) is 18.4 Å². The van der Waals surface area contributed by atoms with Crippen molar-refractivity contribution in [3.8, 4) is 0 Å². The Morgan fingerprint density at radius 1 is 1.75 bits per heavy atom. The summed E-state index contributed by atoms with van der Waals surface area (Å²) >= 11 is 5.71. The van der Waals surface area contributed by atoms with Crippen molar-refractivity contribution < 1.29 is 4.84 Å². The highest BCUT2D eigenvalue weighted by Crippen LogP contribution is 2.10. The predicted molar refractivity (Wildman–Crippen MR) is 48.4 cm³/mol. The number of aliphatic imine (C=N–C) groups is 1. The van der Waals surface area contributed by atoms with Crippen molar-refractivity contribution in [1.29, 1.82) is 5.41 Å². The third kappa shape index (κ3) is 1.93. The number of hydrogen-bond acceptors (Lipinski definition) is 4. The molecule has 5 heteroatoms. The summed E-state index contributed by atoms with van der Waals surface area (Å²) < 4.78 is 0. The summed E-state index contributed by atoms with van der Waals surface area (Å²) in [5, 5.41) is 7.72. The van der Waals surface area contributed by atoms with Gasteiger partial charge in [-0.1, -0.05) is 11.6 Å². The second-order valence-corrected chi connectivity index (χ2v) is 2.39. The molecule has 0 fully saturated rings. The molecule has 0 radical (unpaired) electrons. The lowest BCUT2D eigenvalue weighted by Crippen LogP contribution is -2.13. The Bertz CT molecular complexity index is 280. The smallest absolute Gasteiger partial charge is 0.139 e. The second-order valence-electron chi connectivity index (χ2n) is 2.03. The van der Waals surface area contributed by atoms with Crippen molar-refractivity contribution >= 4 is 22.5 Å². The van der Waals surface area contributed by atoms with Gasteiger partial charge in [0.15, 0.2) is 0 Å². The molecule has 12 heavy (non-hydrogen) atoms. The maximum atomic E-state index is 7.44. The fourth-order valence-electron chi connectivity index (χ4n) is 0.703. The van der Waals surface area contributed by atoms with Crippen LogP contribution in [0.5, 0.6) is 0 Å². The molecule has 0 aliphatic carbocycles. The van der Waals surface area contributed by atoms with Gasteiger partial charge < -0.3 is 5.41 Å². The molecular formula is C7H8ClN3O. The molecule has 1 aliphatic rings. The Balaban J connectivity index is 2.82. The number of hydrogen-bond donors (Lipinski definition) is 2. The second kappa shape index (κ2) is 4.04. The summed E-state index contributed by atoms with van der Waals surface area (Å²) in [6, 6.07) is 0. The van der Waals surface area contributed by atoms with Crippen molar-refractivity contribution in [1.82, 2.24) is 5.48 Å². The van der Waals surface area contributed by atoms with Crippen molar-refractivity contribution in [2.24, 2.45) is 4.99 Å². The molecule has 4 nitrogen and oxygen atoms in total. The average molecular weight is 186 g/mol. The number of nitrogens with zero attached hydrogens (tertiary/aromatic N) is 1. The molecule has 0 aromatic heterocycles. The monoisotopic (exact) mass is 185 g/mol. The van der Waals surface area contributed by atoms with Crippen LogP contribution in [0.4, 0.5) is 0 Å². The zero-order valence-corrected chi connectivity index (χ0v) is 7.22. The Labute approximate surface area is 75.0 Å². The van der Waals surface area contributed by atoms with E-state index in [0.29, 0.717) is 11.3 Å². The van der Waals surface area contributed by atoms with Gasteiger partial charge in [0, 0.05) is 12.4 Å². The number of nitrogens with one attached hydrogen (secondary N) is 2. The minimum Gasteiger partial charge on any atom is -0.300 e. The van der Waals surface area contributed by atoms with Gasteiger partial charge in [-0.3, -0.25) is 10.3 Å². The highest BCUT2D eigenvalue weighted by Gasteiger charge is 2.10. The third-order valence-corrected chi connectivity index (χ3v) is 1.56. The fourth-order valence-corrected chi connectivity index (χ4v) is 0.916. The molecule has 0 saturated carbocycles. The molecule has 0 bridgehead atoms. The summed E-state index contributed by atoms with van der Waals surface area (Å²) in [6.45, 7) is 0. The summed E-state index contributed by atoms with van der Waals surface area (Å²) in [4.78, 5) is 8.39. The molecule has 1 aliphatic heterocycles. The van der Waals surface area contributed by atoms with Gasteiger partial charge in [-0.05, 0) is 6.08 Å². The van der Waals surface area contributed by atoms with E-state index in [9.17, 15) is 0 Å². The highest BCUT2D eigenvalue weighted by molar-refractivity contribution is 6.73. The minimum absolute atomic E-state index is 0.284. The summed E-state index contributed by atoms with van der Waals surface area (Å²) in [5.74, 6) is 0. The van der Waals surface area contributed by atoms with Crippen LogP contribution in [-0.2, 0) is 4.84 Å². The van der Waals surface area contributed by atoms with E-state index in [2.05, 4.69) is 15.3 Å². The Hall–Kier alpha value is -1.13. The lowest BCUT2D eigenvalue weighted by atomic mass is 10.1. The van der Waals surface area contributed by atoms with E-state index in [1.165, 1.54) is 19.5 Å². The van der Waals surface area contributed by atoms with Gasteiger partial charge in [0.2, 0.25) is 0 Å². The topological polar surface area (TPSA) is 57.5 Å². The number of allylic oxidation sites excluding steroid dienone is 2. The van der Waals surface area contributed by atoms with E-state index < -0.39 is 0 Å². The summed E-state index contributed by atoms with van der Waals surface area (Å²) in [5.41, 5.74) is 3.30. The van der Waals surface area contributed by atoms with Crippen LogP contribution >= 0.6 is 11.6 Å². The Kier molecular flexibility index (Phi) is 3.01. The lowest BCUT2D eigenvalue weighted by Gasteiger charge is -2.06. The van der Waals surface area contributed by atoms with E-state index in [1.54, 1.807) is 6.08 Å². The quantitative estimate of drug-likeness (QED) is 0.636. The molecule has 0 atom stereocenters. The van der Waals surface area contributed by atoms with Crippen LogP contribution in [0.2, 0.25) is 0 Å². The van der Waals surface area contributed by atoms with Gasteiger partial charge in [-0.25, -0.2) is 4.99 Å². The Morgan fingerprint density at radius 3 is 3.08 bits per heavy atom. The first-order chi connectivity index (χ1) is 5.75. The summed E-state index contributed by atoms with van der Waals surface area (Å²) in [6.07, 6.45) is 4.52. The van der Waals surface area contributed by atoms with Gasteiger partial charge in [0.1, 0.15) is 5.17 Å². The van der Waals surface area contributed by atoms with Crippen LogP contribution in [-0.4, -0.2) is 18.0 Å². The molecule has 1 rings (SSSR count). The molecule has 0 saturated heterocycles. The van der Waals surface area contributed by atoms with E-state index in [1.807, 2.05) is 0 Å². The van der Waals surface area contributed by atoms with Gasteiger partial charge in [-0.15, -0.1) is 0 Å². The van der Waals surface area contributed by atoms with Crippen LogP contribution in [0.15, 0.2) is 29.0 Å². The minimum atomic E-state index is 0.284. The van der Waals surface area contributed by atoms with Gasteiger partial charge in [-0.2, -0.15) is 0 Å². The molecule has 0 amide bonds. The average Bonchev–Trinajstić information content (AvgIpc) is 2.04. The predicted octanol–water partition coefficient (Wildman–Crippen LogP) is 1.21. The molecule has 0 unspecified atom stereocenters. The van der Waals surface area contributed by atoms with Crippen LogP contribution in [0.3, 0.4) is 0 Å². The SMILES string of the molecule is CON/C=C1\C(=N)C=CN=C1Cl. The Morgan fingerprint density at radius 2 is 2.50 bits per heavy atom. The number of halogens is 1. The first kappa shape index (κ1) is 8.96. The normalized spacial score (nSPS) is 19.7. The largest absolute Gasteiger partial charge is 0.300 e. The van der Waals surface area contributed by atoms with E-state index >= 15 is 0 Å². The van der Waals surface area contributed by atoms with Gasteiger partial charge in [0.25, 0.3) is 0 Å². The number of hydroxylamine groups is 1. The van der Waals surface area contributed by atoms with E-state index in [4.69, 9.17) is 17.0 Å². The van der Waals surface area contributed by atoms with Crippen molar-refractivity contribution in [2.45, 2.75) is 0 Å². The first-order valence-corrected chi connectivity index (χ1v) is 3.61. The molecule has 0 aromatic rings. The van der Waals surface area contributed by atoms with Gasteiger partial charge >= 0.3 is 0 Å². The van der Waals surface area contributed by atoms with Crippen LogP contribution < -0.4 is 5.48 Å². The van der Waals surface area contributed by atoms with Crippen LogP contribution in [0, 0.1) is 5.41 Å². The first-order valence-electron chi connectivity index (χ1n) is 3.23. The van der Waals surface area contributed by atoms with Crippen LogP contribution in [0.25, 0.3) is 0 Å². The fraction of sp³-hybridized carbons (Fsp3) is 0.143. The molecule has 0 aromatic carbocycles. The van der Waals surface area contributed by atoms with Crippen molar-refractivity contribution in [2.75, 3.05) is 7.11 Å². The molecular weight excluding hydrogens is 178 g/mol. The van der Waals surface area contributed by atoms with E-state index in [0.717, 1.165) is 0 Å². The maximum absolute atomic E-state index is 7.44. The number of rotatable bonds is 2. The molecule has 64 valence electrons. The molecule has 1 heterocycles. The molecule has 2 N–H and O–H groups in total. The van der Waals surface area contributed by atoms with Crippen LogP contribution in [0.1, 0.15) is 0 Å². The van der Waals surface area contributed by atoms with E-state index in [-0.39, 0.29) is 5.17 Å². The zero-order valence-electron chi connectivity index (χ0n) is 6.47. The van der Waals surface area contributed by atoms with Crippen molar-refractivity contribution in [3.05, 3.63) is 24.0 Å². The highest BCUT2D eigenvalue weighted by atomic mass is 35.5. The third-order valence-electron chi connectivity index (χ3n) is 1.26. The standard InChI is InChI=1S/C7H8ClN3O/c1-12-11-4-5-6(9)2-3-10-7(5)8/h2-4,9,11H,1H3/b5-4+,9-6?. The zero-order chi connectivity index (χ0) is 8.97. The maximum Gasteiger partial charge on any atom is 0.139 e. The van der Waals surface area contributed by atoms with Crippen molar-refractivity contribution in [3.63, 3.8) is 0 Å².